The smallest absolute Gasteiger partial charge is 0.284 e. The van der Waals surface area contributed by atoms with Crippen molar-refractivity contribution >= 4 is 56.3 Å². The van der Waals surface area contributed by atoms with Crippen molar-refractivity contribution in [1.82, 2.24) is 0 Å². The molecule has 5 nitrogen and oxygen atoms in total. The lowest BCUT2D eigenvalue weighted by molar-refractivity contribution is -0.375. The van der Waals surface area contributed by atoms with Gasteiger partial charge in [0, 0.05) is 15.6 Å². The molecule has 2 aromatic rings. The van der Waals surface area contributed by atoms with Crippen LogP contribution in [0.4, 0.5) is 0 Å². The fraction of sp³-hybridized carbons (Fsp3) is 0. The Kier molecular flexibility index (Phi) is 3.04. The van der Waals surface area contributed by atoms with E-state index in [2.05, 4.69) is 0 Å². The molecule has 3 rings (SSSR count). The van der Waals surface area contributed by atoms with Gasteiger partial charge in [0.1, 0.15) is 5.03 Å². The number of rotatable bonds is 1. The number of benzene rings is 2. The first-order valence-electron chi connectivity index (χ1n) is 5.77. The maximum absolute atomic E-state index is 11.8. The second kappa shape index (κ2) is 4.65. The lowest BCUT2D eigenvalue weighted by Crippen LogP contribution is -2.41. The van der Waals surface area contributed by atoms with Gasteiger partial charge >= 0.3 is 11.5 Å². The largest absolute Gasteiger partial charge is 0.328 e. The molecular formula is C14H5Cl2NO4. The average Bonchev–Trinajstić information content (AvgIpc) is 2.44. The predicted octanol–water partition coefficient (Wildman–Crippen LogP) is 1.38. The van der Waals surface area contributed by atoms with Crippen LogP contribution < -0.4 is 10.4 Å². The van der Waals surface area contributed by atoms with Crippen molar-refractivity contribution in [2.75, 3.05) is 0 Å². The van der Waals surface area contributed by atoms with Gasteiger partial charge in [-0.15, -0.1) is 0 Å². The maximum Gasteiger partial charge on any atom is 0.328 e. The lowest BCUT2D eigenvalue weighted by Gasteiger charge is -2.07. The van der Waals surface area contributed by atoms with Crippen LogP contribution in [0.1, 0.15) is 0 Å². The van der Waals surface area contributed by atoms with Crippen molar-refractivity contribution in [2.45, 2.75) is 0 Å². The summed E-state index contributed by atoms with van der Waals surface area (Å²) in [6.45, 7) is 0. The van der Waals surface area contributed by atoms with Gasteiger partial charge in [-0.2, -0.15) is 0 Å². The Balaban J connectivity index is 2.66. The third-order valence-electron chi connectivity index (χ3n) is 3.26. The SMILES string of the molecule is O=C1C(=O)C([N+](=O)[O-])=c2cc3cccc(Cl)c3cc2=C1Cl. The number of hydrogen-bond donors (Lipinski definition) is 0. The van der Waals surface area contributed by atoms with Gasteiger partial charge in [0.2, 0.25) is 0 Å². The number of Topliss-reactive ketones (excluding diaryl/α,β-unsaturated/α-hetero) is 2. The molecule has 104 valence electrons. The Hall–Kier alpha value is -2.24. The van der Waals surface area contributed by atoms with Gasteiger partial charge in [0.25, 0.3) is 5.78 Å². The van der Waals surface area contributed by atoms with Crippen LogP contribution in [0.5, 0.6) is 0 Å². The predicted molar refractivity (Wildman–Crippen MR) is 77.9 cm³/mol. The van der Waals surface area contributed by atoms with Crippen molar-refractivity contribution in [3.63, 3.8) is 0 Å². The van der Waals surface area contributed by atoms with Crippen LogP contribution in [0.15, 0.2) is 30.3 Å². The van der Waals surface area contributed by atoms with E-state index in [1.165, 1.54) is 12.1 Å². The molecule has 0 heterocycles. The zero-order valence-electron chi connectivity index (χ0n) is 10.2. The van der Waals surface area contributed by atoms with E-state index >= 15 is 0 Å². The summed E-state index contributed by atoms with van der Waals surface area (Å²) in [7, 11) is 0. The van der Waals surface area contributed by atoms with Gasteiger partial charge in [0.15, 0.2) is 0 Å². The Bertz CT molecular complexity index is 978. The van der Waals surface area contributed by atoms with E-state index in [0.717, 1.165) is 0 Å². The molecule has 21 heavy (non-hydrogen) atoms. The van der Waals surface area contributed by atoms with E-state index in [1.807, 2.05) is 0 Å². The minimum Gasteiger partial charge on any atom is -0.284 e. The Morgan fingerprint density at radius 2 is 1.71 bits per heavy atom. The number of carbonyl (C=O) groups is 2. The molecule has 0 saturated heterocycles. The Labute approximate surface area is 127 Å². The zero-order valence-corrected chi connectivity index (χ0v) is 11.7. The molecule has 0 aliphatic heterocycles. The molecule has 7 heteroatoms. The summed E-state index contributed by atoms with van der Waals surface area (Å²) in [5.74, 6) is -2.29. The van der Waals surface area contributed by atoms with Crippen LogP contribution in [0.25, 0.3) is 21.5 Å². The fourth-order valence-electron chi connectivity index (χ4n) is 2.30. The van der Waals surface area contributed by atoms with Crippen molar-refractivity contribution < 1.29 is 14.5 Å². The third kappa shape index (κ3) is 1.93. The molecule has 0 amide bonds. The Morgan fingerprint density at radius 1 is 1.00 bits per heavy atom. The second-order valence-electron chi connectivity index (χ2n) is 4.44. The van der Waals surface area contributed by atoms with Crippen LogP contribution in [0.3, 0.4) is 0 Å². The third-order valence-corrected chi connectivity index (χ3v) is 3.96. The van der Waals surface area contributed by atoms with Gasteiger partial charge in [-0.25, -0.2) is 0 Å². The number of hydrogen-bond acceptors (Lipinski definition) is 4. The summed E-state index contributed by atoms with van der Waals surface area (Å²) in [4.78, 5) is 33.8. The van der Waals surface area contributed by atoms with Crippen molar-refractivity contribution in [2.24, 2.45) is 0 Å². The summed E-state index contributed by atoms with van der Waals surface area (Å²) in [6.07, 6.45) is 0. The first-order valence-corrected chi connectivity index (χ1v) is 6.53. The molecule has 0 atom stereocenters. The molecular weight excluding hydrogens is 317 g/mol. The van der Waals surface area contributed by atoms with Gasteiger partial charge in [-0.1, -0.05) is 35.3 Å². The molecule has 0 bridgehead atoms. The number of ketones is 2. The maximum atomic E-state index is 11.8. The summed E-state index contributed by atoms with van der Waals surface area (Å²) in [6, 6.07) is 7.97. The first kappa shape index (κ1) is 13.7. The fourth-order valence-corrected chi connectivity index (χ4v) is 2.78. The van der Waals surface area contributed by atoms with E-state index in [9.17, 15) is 19.7 Å². The van der Waals surface area contributed by atoms with Crippen LogP contribution in [0, 0.1) is 10.1 Å². The van der Waals surface area contributed by atoms with Gasteiger partial charge in [-0.3, -0.25) is 19.7 Å². The highest BCUT2D eigenvalue weighted by molar-refractivity contribution is 6.77. The highest BCUT2D eigenvalue weighted by atomic mass is 35.5. The van der Waals surface area contributed by atoms with Crippen molar-refractivity contribution in [3.8, 4) is 0 Å². The van der Waals surface area contributed by atoms with E-state index in [-0.39, 0.29) is 15.5 Å². The minimum absolute atomic E-state index is 0.0318. The number of nitrogens with zero attached hydrogens (tertiary/aromatic N) is 1. The first-order chi connectivity index (χ1) is 9.91. The monoisotopic (exact) mass is 321 g/mol. The molecule has 0 unspecified atom stereocenters. The average molecular weight is 322 g/mol. The van der Waals surface area contributed by atoms with Gasteiger partial charge < -0.3 is 0 Å². The summed E-state index contributed by atoms with van der Waals surface area (Å²) >= 11 is 11.9. The molecule has 0 radical (unpaired) electrons. The molecule has 0 fully saturated rings. The number of halogens is 2. The molecule has 0 saturated carbocycles. The number of nitro groups is 1. The molecule has 0 N–H and O–H groups in total. The van der Waals surface area contributed by atoms with Crippen LogP contribution in [-0.2, 0) is 9.59 Å². The lowest BCUT2D eigenvalue weighted by atomic mass is 9.99. The highest BCUT2D eigenvalue weighted by Gasteiger charge is 2.35. The molecule has 1 aliphatic carbocycles. The quantitative estimate of drug-likeness (QED) is 0.451. The van der Waals surface area contributed by atoms with Crippen molar-refractivity contribution in [3.05, 3.63) is 55.9 Å². The molecule has 0 aromatic heterocycles. The topological polar surface area (TPSA) is 77.3 Å². The molecule has 2 aromatic carbocycles. The van der Waals surface area contributed by atoms with Crippen LogP contribution >= 0.6 is 23.2 Å². The summed E-state index contributed by atoms with van der Waals surface area (Å²) in [5.41, 5.74) is -0.763. The summed E-state index contributed by atoms with van der Waals surface area (Å²) < 4.78 is 0. The van der Waals surface area contributed by atoms with E-state index < -0.39 is 22.2 Å². The number of fused-ring (bicyclic) bond motifs is 2. The normalized spacial score (nSPS) is 14.6. The van der Waals surface area contributed by atoms with Crippen LogP contribution in [0.2, 0.25) is 5.02 Å². The Morgan fingerprint density at radius 3 is 2.38 bits per heavy atom. The zero-order chi connectivity index (χ0) is 15.3. The molecule has 0 spiro atoms. The van der Waals surface area contributed by atoms with Crippen molar-refractivity contribution in [1.29, 1.82) is 0 Å². The number of carbonyl (C=O) groups excluding carboxylic acids is 2. The van der Waals surface area contributed by atoms with E-state index in [0.29, 0.717) is 15.8 Å². The molecule has 1 aliphatic rings. The highest BCUT2D eigenvalue weighted by Crippen LogP contribution is 2.22. The van der Waals surface area contributed by atoms with E-state index in [1.54, 1.807) is 18.2 Å². The van der Waals surface area contributed by atoms with E-state index in [4.69, 9.17) is 23.2 Å². The summed E-state index contributed by atoms with van der Waals surface area (Å²) in [5, 5.41) is 12.6. The minimum atomic E-state index is -1.21. The standard InChI is InChI=1S/C14H5Cl2NO4/c15-10-3-1-2-6-4-9-8(5-7(6)10)11(16)13(18)14(19)12(9)17(20)21/h1-5H. The second-order valence-corrected chi connectivity index (χ2v) is 5.22. The van der Waals surface area contributed by atoms with Crippen LogP contribution in [-0.4, -0.2) is 16.5 Å². The van der Waals surface area contributed by atoms with Gasteiger partial charge in [0.05, 0.1) is 10.1 Å². The van der Waals surface area contributed by atoms with Gasteiger partial charge in [-0.05, 0) is 23.6 Å².